The summed E-state index contributed by atoms with van der Waals surface area (Å²) in [5.41, 5.74) is 2.80. The summed E-state index contributed by atoms with van der Waals surface area (Å²) >= 11 is 5.99. The van der Waals surface area contributed by atoms with Crippen molar-refractivity contribution in [2.45, 2.75) is 13.8 Å². The van der Waals surface area contributed by atoms with E-state index >= 15 is 0 Å². The quantitative estimate of drug-likeness (QED) is 0.786. The van der Waals surface area contributed by atoms with Crippen LogP contribution in [0.2, 0.25) is 5.02 Å². The maximum Gasteiger partial charge on any atom is 0.181 e. The van der Waals surface area contributed by atoms with Crippen molar-refractivity contribution in [1.82, 2.24) is 0 Å². The first-order valence-electron chi connectivity index (χ1n) is 5.46. The number of phenolic OH excluding ortho intramolecular Hbond substituents is 1. The van der Waals surface area contributed by atoms with Gasteiger partial charge in [-0.1, -0.05) is 11.6 Å². The van der Waals surface area contributed by atoms with Crippen LogP contribution in [0.1, 0.15) is 13.8 Å². The summed E-state index contributed by atoms with van der Waals surface area (Å²) in [4.78, 5) is 15.9. The number of ketones is 1. The minimum absolute atomic E-state index is 0.00301. The summed E-state index contributed by atoms with van der Waals surface area (Å²) in [5, 5.41) is 9.64. The SMILES string of the molecule is CC1=C(C)C(=Nc2ccc(O)cc2Cl)C=CC1=O. The van der Waals surface area contributed by atoms with Crippen LogP contribution in [0.15, 0.2) is 46.5 Å². The molecule has 0 unspecified atom stereocenters. The summed E-state index contributed by atoms with van der Waals surface area (Å²) < 4.78 is 0. The number of hydrogen-bond acceptors (Lipinski definition) is 3. The topological polar surface area (TPSA) is 49.7 Å². The molecule has 18 heavy (non-hydrogen) atoms. The molecule has 0 radical (unpaired) electrons. The highest BCUT2D eigenvalue weighted by Gasteiger charge is 2.14. The molecular weight excluding hydrogens is 250 g/mol. The van der Waals surface area contributed by atoms with E-state index in [9.17, 15) is 9.90 Å². The third-order valence-corrected chi connectivity index (χ3v) is 3.18. The Morgan fingerprint density at radius 2 is 1.89 bits per heavy atom. The Hall–Kier alpha value is -1.87. The van der Waals surface area contributed by atoms with Gasteiger partial charge in [0, 0.05) is 11.6 Å². The minimum Gasteiger partial charge on any atom is -0.508 e. The molecule has 0 amide bonds. The van der Waals surface area contributed by atoms with Gasteiger partial charge in [-0.3, -0.25) is 4.79 Å². The van der Waals surface area contributed by atoms with Crippen LogP contribution in [0.25, 0.3) is 0 Å². The van der Waals surface area contributed by atoms with Crippen LogP contribution < -0.4 is 0 Å². The van der Waals surface area contributed by atoms with E-state index in [2.05, 4.69) is 4.99 Å². The highest BCUT2D eigenvalue weighted by molar-refractivity contribution is 6.33. The maximum absolute atomic E-state index is 11.5. The average molecular weight is 262 g/mol. The number of benzene rings is 1. The van der Waals surface area contributed by atoms with Crippen LogP contribution in [0.4, 0.5) is 5.69 Å². The van der Waals surface area contributed by atoms with E-state index < -0.39 is 0 Å². The number of carbonyl (C=O) groups is 1. The molecule has 0 spiro atoms. The summed E-state index contributed by atoms with van der Waals surface area (Å²) in [5.74, 6) is 0.102. The molecule has 1 N–H and O–H groups in total. The first-order chi connectivity index (χ1) is 8.49. The van der Waals surface area contributed by atoms with Gasteiger partial charge in [0.1, 0.15) is 5.75 Å². The second-order valence-electron chi connectivity index (χ2n) is 4.08. The Bertz CT molecular complexity index is 612. The normalized spacial score (nSPS) is 17.7. The van der Waals surface area contributed by atoms with E-state index in [0.717, 1.165) is 5.57 Å². The number of nitrogens with zero attached hydrogens (tertiary/aromatic N) is 1. The zero-order valence-electron chi connectivity index (χ0n) is 10.1. The number of hydrogen-bond donors (Lipinski definition) is 1. The molecule has 92 valence electrons. The largest absolute Gasteiger partial charge is 0.508 e. The predicted octanol–water partition coefficient (Wildman–Crippen LogP) is 3.59. The second kappa shape index (κ2) is 4.78. The number of carbonyl (C=O) groups excluding carboxylic acids is 1. The minimum atomic E-state index is 0.00301. The molecule has 3 nitrogen and oxygen atoms in total. The molecule has 0 fully saturated rings. The molecule has 1 aromatic rings. The molecule has 0 saturated carbocycles. The van der Waals surface area contributed by atoms with Gasteiger partial charge in [0.15, 0.2) is 5.78 Å². The molecule has 0 saturated heterocycles. The number of aliphatic imine (C=N–C) groups is 1. The zero-order chi connectivity index (χ0) is 13.3. The monoisotopic (exact) mass is 261 g/mol. The first-order valence-corrected chi connectivity index (χ1v) is 5.84. The molecule has 1 aliphatic carbocycles. The standard InChI is InChI=1S/C14H12ClNO2/c1-8-9(2)14(18)6-5-12(8)16-13-4-3-10(17)7-11(13)15/h3-7,17H,1-2H3. The fourth-order valence-electron chi connectivity index (χ4n) is 1.62. The van der Waals surface area contributed by atoms with Crippen molar-refractivity contribution in [2.75, 3.05) is 0 Å². The van der Waals surface area contributed by atoms with E-state index in [1.807, 2.05) is 6.92 Å². The summed E-state index contributed by atoms with van der Waals surface area (Å²) in [7, 11) is 0. The Kier molecular flexibility index (Phi) is 3.34. The predicted molar refractivity (Wildman–Crippen MR) is 72.7 cm³/mol. The molecule has 0 heterocycles. The van der Waals surface area contributed by atoms with Gasteiger partial charge in [-0.2, -0.15) is 0 Å². The van der Waals surface area contributed by atoms with Gasteiger partial charge in [0.2, 0.25) is 0 Å². The molecule has 0 atom stereocenters. The number of allylic oxidation sites excluding steroid dienone is 4. The maximum atomic E-state index is 11.5. The Labute approximate surface area is 110 Å². The highest BCUT2D eigenvalue weighted by Crippen LogP contribution is 2.29. The van der Waals surface area contributed by atoms with Gasteiger partial charge in [0.25, 0.3) is 0 Å². The van der Waals surface area contributed by atoms with Crippen LogP contribution in [-0.2, 0) is 4.79 Å². The fourth-order valence-corrected chi connectivity index (χ4v) is 1.84. The van der Waals surface area contributed by atoms with Crippen molar-refractivity contribution >= 4 is 28.8 Å². The lowest BCUT2D eigenvalue weighted by Gasteiger charge is -2.11. The second-order valence-corrected chi connectivity index (χ2v) is 4.49. The third-order valence-electron chi connectivity index (χ3n) is 2.88. The van der Waals surface area contributed by atoms with Crippen LogP contribution in [0.3, 0.4) is 0 Å². The van der Waals surface area contributed by atoms with E-state index in [4.69, 9.17) is 11.6 Å². The van der Waals surface area contributed by atoms with Gasteiger partial charge < -0.3 is 5.11 Å². The lowest BCUT2D eigenvalue weighted by atomic mass is 9.97. The van der Waals surface area contributed by atoms with Crippen molar-refractivity contribution in [1.29, 1.82) is 0 Å². The molecule has 0 bridgehead atoms. The summed E-state index contributed by atoms with van der Waals surface area (Å²) in [6.07, 6.45) is 3.17. The summed E-state index contributed by atoms with van der Waals surface area (Å²) in [6.45, 7) is 3.62. The van der Waals surface area contributed by atoms with Crippen molar-refractivity contribution in [3.05, 3.63) is 46.5 Å². The van der Waals surface area contributed by atoms with Crippen molar-refractivity contribution < 1.29 is 9.90 Å². The van der Waals surface area contributed by atoms with Crippen LogP contribution in [0.5, 0.6) is 5.75 Å². The average Bonchev–Trinajstić information content (AvgIpc) is 2.33. The molecule has 0 aromatic heterocycles. The molecular formula is C14H12ClNO2. The first kappa shape index (κ1) is 12.6. The molecule has 0 aliphatic heterocycles. The van der Waals surface area contributed by atoms with E-state index in [1.54, 1.807) is 19.1 Å². The van der Waals surface area contributed by atoms with Gasteiger partial charge in [-0.05, 0) is 43.7 Å². The van der Waals surface area contributed by atoms with Crippen LogP contribution >= 0.6 is 11.6 Å². The Morgan fingerprint density at radius 1 is 1.17 bits per heavy atom. The lowest BCUT2D eigenvalue weighted by Crippen LogP contribution is -2.10. The Balaban J connectivity index is 2.46. The van der Waals surface area contributed by atoms with Gasteiger partial charge in [0.05, 0.1) is 16.4 Å². The van der Waals surface area contributed by atoms with Crippen molar-refractivity contribution in [3.8, 4) is 5.75 Å². The number of halogens is 1. The molecule has 1 aromatic carbocycles. The van der Waals surface area contributed by atoms with Gasteiger partial charge >= 0.3 is 0 Å². The zero-order valence-corrected chi connectivity index (χ0v) is 10.8. The van der Waals surface area contributed by atoms with Crippen molar-refractivity contribution in [3.63, 3.8) is 0 Å². The summed E-state index contributed by atoms with van der Waals surface area (Å²) in [6, 6.07) is 4.59. The molecule has 4 heteroatoms. The molecule has 2 rings (SSSR count). The fraction of sp³-hybridized carbons (Fsp3) is 0.143. The van der Waals surface area contributed by atoms with Crippen molar-refractivity contribution in [2.24, 2.45) is 4.99 Å². The van der Waals surface area contributed by atoms with Crippen LogP contribution in [0, 0.1) is 0 Å². The highest BCUT2D eigenvalue weighted by atomic mass is 35.5. The number of phenols is 1. The van der Waals surface area contributed by atoms with E-state index in [0.29, 0.717) is 22.0 Å². The number of aromatic hydroxyl groups is 1. The van der Waals surface area contributed by atoms with Gasteiger partial charge in [-0.25, -0.2) is 4.99 Å². The lowest BCUT2D eigenvalue weighted by molar-refractivity contribution is -0.111. The Morgan fingerprint density at radius 3 is 2.56 bits per heavy atom. The van der Waals surface area contributed by atoms with E-state index in [1.165, 1.54) is 18.2 Å². The third kappa shape index (κ3) is 2.36. The van der Waals surface area contributed by atoms with Crippen LogP contribution in [-0.4, -0.2) is 16.6 Å². The molecule has 1 aliphatic rings. The van der Waals surface area contributed by atoms with E-state index in [-0.39, 0.29) is 11.5 Å². The number of rotatable bonds is 1. The smallest absolute Gasteiger partial charge is 0.181 e. The van der Waals surface area contributed by atoms with Gasteiger partial charge in [-0.15, -0.1) is 0 Å².